The van der Waals surface area contributed by atoms with E-state index >= 15 is 0 Å². The van der Waals surface area contributed by atoms with Gasteiger partial charge in [-0.1, -0.05) is 19.8 Å². The van der Waals surface area contributed by atoms with Crippen LogP contribution in [0.4, 0.5) is 5.69 Å². The molecule has 0 atom stereocenters. The van der Waals surface area contributed by atoms with E-state index in [1.54, 1.807) is 0 Å². The van der Waals surface area contributed by atoms with Gasteiger partial charge in [0.15, 0.2) is 0 Å². The molecule has 0 unspecified atom stereocenters. The molecule has 1 N–H and O–H groups in total. The molecule has 3 nitrogen and oxygen atoms in total. The van der Waals surface area contributed by atoms with Crippen molar-refractivity contribution in [3.8, 4) is 0 Å². The molecule has 0 radical (unpaired) electrons. The van der Waals surface area contributed by atoms with E-state index in [0.29, 0.717) is 0 Å². The molecule has 0 aliphatic heterocycles. The first kappa shape index (κ1) is 16.5. The zero-order valence-corrected chi connectivity index (χ0v) is 13.3. The smallest absolute Gasteiger partial charge is 0.254 e. The summed E-state index contributed by atoms with van der Waals surface area (Å²) in [5.74, 6) is 0.138. The van der Waals surface area contributed by atoms with E-state index in [1.807, 2.05) is 29.2 Å². The van der Waals surface area contributed by atoms with Gasteiger partial charge < -0.3 is 10.2 Å². The minimum atomic E-state index is 0.138. The van der Waals surface area contributed by atoms with Gasteiger partial charge in [0.05, 0.1) is 0 Å². The van der Waals surface area contributed by atoms with Crippen molar-refractivity contribution in [2.75, 3.05) is 18.4 Å². The Morgan fingerprint density at radius 2 is 1.80 bits per heavy atom. The predicted octanol–water partition coefficient (Wildman–Crippen LogP) is 4.16. The molecule has 0 aliphatic rings. The van der Waals surface area contributed by atoms with Gasteiger partial charge in [-0.25, -0.2) is 0 Å². The molecular formula is C17H28N2O. The Labute approximate surface area is 123 Å². The monoisotopic (exact) mass is 276 g/mol. The topological polar surface area (TPSA) is 32.3 Å². The average Bonchev–Trinajstić information content (AvgIpc) is 2.44. The summed E-state index contributed by atoms with van der Waals surface area (Å²) in [6, 6.07) is 8.01. The van der Waals surface area contributed by atoms with Crippen molar-refractivity contribution in [2.24, 2.45) is 0 Å². The highest BCUT2D eigenvalue weighted by molar-refractivity contribution is 5.94. The Morgan fingerprint density at radius 3 is 2.30 bits per heavy atom. The predicted molar refractivity (Wildman–Crippen MR) is 86.3 cm³/mol. The minimum absolute atomic E-state index is 0.138. The molecule has 20 heavy (non-hydrogen) atoms. The molecule has 112 valence electrons. The molecule has 1 aromatic carbocycles. The maximum Gasteiger partial charge on any atom is 0.254 e. The normalized spacial score (nSPS) is 10.7. The summed E-state index contributed by atoms with van der Waals surface area (Å²) in [5.41, 5.74) is 1.84. The average molecular weight is 276 g/mol. The highest BCUT2D eigenvalue weighted by Crippen LogP contribution is 2.14. The number of anilines is 1. The van der Waals surface area contributed by atoms with E-state index < -0.39 is 0 Å². The maximum absolute atomic E-state index is 12.6. The fourth-order valence-electron chi connectivity index (χ4n) is 2.23. The van der Waals surface area contributed by atoms with Crippen LogP contribution in [0.25, 0.3) is 0 Å². The molecular weight excluding hydrogens is 248 g/mol. The SMILES string of the molecule is CCCCCN(C(=O)c1ccc(NCC)cc1)C(C)C. The summed E-state index contributed by atoms with van der Waals surface area (Å²) in [5, 5.41) is 3.24. The van der Waals surface area contributed by atoms with Crippen molar-refractivity contribution in [1.82, 2.24) is 4.90 Å². The molecule has 0 aliphatic carbocycles. The lowest BCUT2D eigenvalue weighted by atomic mass is 10.1. The van der Waals surface area contributed by atoms with E-state index in [-0.39, 0.29) is 11.9 Å². The second kappa shape index (κ2) is 8.62. The first-order valence-electron chi connectivity index (χ1n) is 7.75. The van der Waals surface area contributed by atoms with E-state index in [0.717, 1.165) is 30.8 Å². The first-order valence-corrected chi connectivity index (χ1v) is 7.75. The van der Waals surface area contributed by atoms with Gasteiger partial charge in [-0.05, 0) is 51.5 Å². The van der Waals surface area contributed by atoms with Crippen LogP contribution in [0.3, 0.4) is 0 Å². The number of nitrogens with one attached hydrogen (secondary N) is 1. The van der Waals surface area contributed by atoms with Crippen molar-refractivity contribution in [3.05, 3.63) is 29.8 Å². The van der Waals surface area contributed by atoms with Crippen molar-refractivity contribution < 1.29 is 4.79 Å². The van der Waals surface area contributed by atoms with Crippen LogP contribution in [0, 0.1) is 0 Å². The lowest BCUT2D eigenvalue weighted by Gasteiger charge is -2.27. The summed E-state index contributed by atoms with van der Waals surface area (Å²) in [6.45, 7) is 10.1. The lowest BCUT2D eigenvalue weighted by Crippen LogP contribution is -2.37. The van der Waals surface area contributed by atoms with E-state index in [1.165, 1.54) is 12.8 Å². The van der Waals surface area contributed by atoms with Crippen molar-refractivity contribution in [3.63, 3.8) is 0 Å². The Bertz CT molecular complexity index is 398. The number of carbonyl (C=O) groups is 1. The van der Waals surface area contributed by atoms with Crippen LogP contribution in [0.15, 0.2) is 24.3 Å². The maximum atomic E-state index is 12.6. The summed E-state index contributed by atoms with van der Waals surface area (Å²) >= 11 is 0. The molecule has 0 fully saturated rings. The number of hydrogen-bond donors (Lipinski definition) is 1. The van der Waals surface area contributed by atoms with Gasteiger partial charge in [-0.2, -0.15) is 0 Å². The van der Waals surface area contributed by atoms with Crippen molar-refractivity contribution in [2.45, 2.75) is 53.0 Å². The van der Waals surface area contributed by atoms with Crippen LogP contribution >= 0.6 is 0 Å². The third-order valence-corrected chi connectivity index (χ3v) is 3.40. The van der Waals surface area contributed by atoms with E-state index in [4.69, 9.17) is 0 Å². The quantitative estimate of drug-likeness (QED) is 0.723. The second-order valence-corrected chi connectivity index (χ2v) is 5.41. The standard InChI is InChI=1S/C17H28N2O/c1-5-7-8-13-19(14(3)4)17(20)15-9-11-16(12-10-15)18-6-2/h9-12,14,18H,5-8,13H2,1-4H3. The van der Waals surface area contributed by atoms with E-state index in [2.05, 4.69) is 33.0 Å². The van der Waals surface area contributed by atoms with Gasteiger partial charge >= 0.3 is 0 Å². The molecule has 0 saturated carbocycles. The number of hydrogen-bond acceptors (Lipinski definition) is 2. The highest BCUT2D eigenvalue weighted by atomic mass is 16.2. The van der Waals surface area contributed by atoms with Gasteiger partial charge in [0, 0.05) is 30.4 Å². The third-order valence-electron chi connectivity index (χ3n) is 3.40. The summed E-state index contributed by atoms with van der Waals surface area (Å²) in [4.78, 5) is 14.5. The van der Waals surface area contributed by atoms with E-state index in [9.17, 15) is 4.79 Å². The van der Waals surface area contributed by atoms with Gasteiger partial charge in [0.25, 0.3) is 5.91 Å². The molecule has 0 spiro atoms. The fraction of sp³-hybridized carbons (Fsp3) is 0.588. The Hall–Kier alpha value is -1.51. The van der Waals surface area contributed by atoms with Crippen LogP contribution in [-0.2, 0) is 0 Å². The Kier molecular flexibility index (Phi) is 7.13. The van der Waals surface area contributed by atoms with Gasteiger partial charge in [0.2, 0.25) is 0 Å². The van der Waals surface area contributed by atoms with Crippen molar-refractivity contribution in [1.29, 1.82) is 0 Å². The number of benzene rings is 1. The minimum Gasteiger partial charge on any atom is -0.385 e. The summed E-state index contributed by atoms with van der Waals surface area (Å²) in [6.07, 6.45) is 3.43. The molecule has 1 aromatic rings. The summed E-state index contributed by atoms with van der Waals surface area (Å²) in [7, 11) is 0. The van der Waals surface area contributed by atoms with Crippen LogP contribution in [0.5, 0.6) is 0 Å². The molecule has 0 saturated heterocycles. The van der Waals surface area contributed by atoms with Crippen molar-refractivity contribution >= 4 is 11.6 Å². The van der Waals surface area contributed by atoms with Gasteiger partial charge in [-0.3, -0.25) is 4.79 Å². The number of amides is 1. The number of unbranched alkanes of at least 4 members (excludes halogenated alkanes) is 2. The van der Waals surface area contributed by atoms with Gasteiger partial charge in [0.1, 0.15) is 0 Å². The highest BCUT2D eigenvalue weighted by Gasteiger charge is 2.17. The second-order valence-electron chi connectivity index (χ2n) is 5.41. The third kappa shape index (κ3) is 4.87. The Balaban J connectivity index is 2.72. The number of nitrogens with zero attached hydrogens (tertiary/aromatic N) is 1. The first-order chi connectivity index (χ1) is 9.60. The van der Waals surface area contributed by atoms with Gasteiger partial charge in [-0.15, -0.1) is 0 Å². The molecule has 1 amide bonds. The molecule has 0 aromatic heterocycles. The largest absolute Gasteiger partial charge is 0.385 e. The molecule has 0 heterocycles. The molecule has 1 rings (SSSR count). The zero-order chi connectivity index (χ0) is 15.0. The number of rotatable bonds is 8. The van der Waals surface area contributed by atoms with Crippen LogP contribution in [0.1, 0.15) is 57.3 Å². The number of carbonyl (C=O) groups excluding carboxylic acids is 1. The molecule has 0 bridgehead atoms. The lowest BCUT2D eigenvalue weighted by molar-refractivity contribution is 0.0702. The summed E-state index contributed by atoms with van der Waals surface area (Å²) < 4.78 is 0. The van der Waals surface area contributed by atoms with Crippen LogP contribution in [-0.4, -0.2) is 29.9 Å². The van der Waals surface area contributed by atoms with Crippen LogP contribution < -0.4 is 5.32 Å². The fourth-order valence-corrected chi connectivity index (χ4v) is 2.23. The Morgan fingerprint density at radius 1 is 1.15 bits per heavy atom. The molecule has 3 heteroatoms. The van der Waals surface area contributed by atoms with Crippen LogP contribution in [0.2, 0.25) is 0 Å². The zero-order valence-electron chi connectivity index (χ0n) is 13.3.